The third-order valence-corrected chi connectivity index (χ3v) is 2.04. The highest BCUT2D eigenvalue weighted by molar-refractivity contribution is 4.65. The molecule has 0 aromatic rings. The minimum Gasteiger partial charge on any atom is -0.389 e. The number of aliphatic hydroxyl groups is 1. The van der Waals surface area contributed by atoms with Crippen LogP contribution in [0.2, 0.25) is 0 Å². The monoisotopic (exact) mass is 189 g/mol. The first kappa shape index (κ1) is 10.9. The quantitative estimate of drug-likeness (QED) is 0.605. The van der Waals surface area contributed by atoms with Crippen LogP contribution >= 0.6 is 0 Å². The second-order valence-electron chi connectivity index (χ2n) is 3.28. The molecule has 1 rings (SSSR count). The highest BCUT2D eigenvalue weighted by Crippen LogP contribution is 2.07. The molecule has 0 aromatic carbocycles. The Bertz CT molecular complexity index is 126. The van der Waals surface area contributed by atoms with Crippen molar-refractivity contribution in [2.75, 3.05) is 32.9 Å². The van der Waals surface area contributed by atoms with Crippen LogP contribution in [-0.4, -0.2) is 50.2 Å². The lowest BCUT2D eigenvalue weighted by Crippen LogP contribution is -2.32. The zero-order valence-electron chi connectivity index (χ0n) is 8.16. The topological polar surface area (TPSA) is 50.7 Å². The minimum atomic E-state index is -0.402. The molecule has 4 nitrogen and oxygen atoms in total. The van der Waals surface area contributed by atoms with Gasteiger partial charge in [0.25, 0.3) is 0 Å². The fourth-order valence-corrected chi connectivity index (χ4v) is 1.26. The average Bonchev–Trinajstić information content (AvgIpc) is 2.64. The van der Waals surface area contributed by atoms with Crippen molar-refractivity contribution in [2.45, 2.75) is 25.6 Å². The average molecular weight is 189 g/mol. The van der Waals surface area contributed by atoms with E-state index in [2.05, 4.69) is 5.32 Å². The molecule has 0 bridgehead atoms. The van der Waals surface area contributed by atoms with Gasteiger partial charge in [0.1, 0.15) is 0 Å². The summed E-state index contributed by atoms with van der Waals surface area (Å²) in [7, 11) is 0. The zero-order valence-corrected chi connectivity index (χ0v) is 8.16. The molecule has 0 radical (unpaired) electrons. The number of aliphatic hydroxyl groups excluding tert-OH is 1. The SMILES string of the molecule is CCNCC(O)COC1CCOC1. The summed E-state index contributed by atoms with van der Waals surface area (Å²) in [5, 5.41) is 12.5. The fourth-order valence-electron chi connectivity index (χ4n) is 1.26. The number of rotatable bonds is 6. The van der Waals surface area contributed by atoms with Crippen molar-refractivity contribution in [2.24, 2.45) is 0 Å². The Hall–Kier alpha value is -0.160. The lowest BCUT2D eigenvalue weighted by Gasteiger charge is -2.14. The summed E-state index contributed by atoms with van der Waals surface area (Å²) < 4.78 is 10.6. The summed E-state index contributed by atoms with van der Waals surface area (Å²) in [5.41, 5.74) is 0. The predicted molar refractivity (Wildman–Crippen MR) is 49.7 cm³/mol. The maximum atomic E-state index is 9.41. The minimum absolute atomic E-state index is 0.191. The Labute approximate surface area is 79.2 Å². The van der Waals surface area contributed by atoms with E-state index < -0.39 is 6.10 Å². The smallest absolute Gasteiger partial charge is 0.0897 e. The molecule has 0 spiro atoms. The molecule has 13 heavy (non-hydrogen) atoms. The Kier molecular flexibility index (Phi) is 5.31. The molecule has 1 heterocycles. The van der Waals surface area contributed by atoms with Crippen molar-refractivity contribution in [1.29, 1.82) is 0 Å². The van der Waals surface area contributed by atoms with Gasteiger partial charge in [-0.3, -0.25) is 0 Å². The third-order valence-electron chi connectivity index (χ3n) is 2.04. The van der Waals surface area contributed by atoms with Gasteiger partial charge in [-0.1, -0.05) is 6.92 Å². The summed E-state index contributed by atoms with van der Waals surface area (Å²) in [6, 6.07) is 0. The van der Waals surface area contributed by atoms with E-state index >= 15 is 0 Å². The van der Waals surface area contributed by atoms with Crippen molar-refractivity contribution in [3.63, 3.8) is 0 Å². The van der Waals surface area contributed by atoms with Crippen LogP contribution in [0, 0.1) is 0 Å². The Balaban J connectivity index is 1.97. The normalized spacial score (nSPS) is 24.9. The van der Waals surface area contributed by atoms with Gasteiger partial charge in [-0.2, -0.15) is 0 Å². The molecule has 1 aliphatic heterocycles. The number of hydrogen-bond acceptors (Lipinski definition) is 4. The number of ether oxygens (including phenoxy) is 2. The molecule has 1 saturated heterocycles. The third kappa shape index (κ3) is 4.57. The van der Waals surface area contributed by atoms with Crippen LogP contribution in [0.3, 0.4) is 0 Å². The highest BCUT2D eigenvalue weighted by Gasteiger charge is 2.17. The molecule has 2 N–H and O–H groups in total. The van der Waals surface area contributed by atoms with Crippen LogP contribution < -0.4 is 5.32 Å². The molecular weight excluding hydrogens is 170 g/mol. The van der Waals surface area contributed by atoms with Crippen molar-refractivity contribution < 1.29 is 14.6 Å². The first-order valence-electron chi connectivity index (χ1n) is 4.91. The van der Waals surface area contributed by atoms with E-state index in [1.54, 1.807) is 0 Å². The maximum absolute atomic E-state index is 9.41. The molecule has 2 unspecified atom stereocenters. The molecular formula is C9H19NO3. The van der Waals surface area contributed by atoms with Crippen molar-refractivity contribution >= 4 is 0 Å². The molecule has 0 aliphatic carbocycles. The van der Waals surface area contributed by atoms with Crippen molar-refractivity contribution in [1.82, 2.24) is 5.32 Å². The molecule has 78 valence electrons. The number of hydrogen-bond donors (Lipinski definition) is 2. The van der Waals surface area contributed by atoms with E-state index in [4.69, 9.17) is 9.47 Å². The van der Waals surface area contributed by atoms with Crippen molar-refractivity contribution in [3.8, 4) is 0 Å². The van der Waals surface area contributed by atoms with Gasteiger partial charge in [-0.05, 0) is 13.0 Å². The van der Waals surface area contributed by atoms with Gasteiger partial charge in [0.15, 0.2) is 0 Å². The Morgan fingerprint density at radius 1 is 1.69 bits per heavy atom. The van der Waals surface area contributed by atoms with Gasteiger partial charge < -0.3 is 19.9 Å². The van der Waals surface area contributed by atoms with Crippen LogP contribution in [0.1, 0.15) is 13.3 Å². The van der Waals surface area contributed by atoms with Gasteiger partial charge in [0.2, 0.25) is 0 Å². The summed E-state index contributed by atoms with van der Waals surface area (Å²) in [6.45, 7) is 5.36. The molecule has 4 heteroatoms. The summed E-state index contributed by atoms with van der Waals surface area (Å²) in [5.74, 6) is 0. The predicted octanol–water partition coefficient (Wildman–Crippen LogP) is -0.238. The van der Waals surface area contributed by atoms with Gasteiger partial charge in [0.05, 0.1) is 25.4 Å². The van der Waals surface area contributed by atoms with E-state index in [0.29, 0.717) is 19.8 Å². The number of nitrogens with one attached hydrogen (secondary N) is 1. The standard InChI is InChI=1S/C9H19NO3/c1-2-10-5-8(11)6-13-9-3-4-12-7-9/h8-11H,2-7H2,1H3. The van der Waals surface area contributed by atoms with Gasteiger partial charge >= 0.3 is 0 Å². The molecule has 2 atom stereocenters. The van der Waals surface area contributed by atoms with Gasteiger partial charge in [-0.15, -0.1) is 0 Å². The first-order valence-corrected chi connectivity index (χ1v) is 4.91. The van der Waals surface area contributed by atoms with Crippen LogP contribution in [-0.2, 0) is 9.47 Å². The van der Waals surface area contributed by atoms with Crippen LogP contribution in [0.15, 0.2) is 0 Å². The van der Waals surface area contributed by atoms with E-state index in [1.165, 1.54) is 0 Å². The second-order valence-corrected chi connectivity index (χ2v) is 3.28. The van der Waals surface area contributed by atoms with Gasteiger partial charge in [0, 0.05) is 13.2 Å². The lowest BCUT2D eigenvalue weighted by atomic mass is 10.3. The Morgan fingerprint density at radius 2 is 2.54 bits per heavy atom. The maximum Gasteiger partial charge on any atom is 0.0897 e. The Morgan fingerprint density at radius 3 is 3.15 bits per heavy atom. The summed E-state index contributed by atoms with van der Waals surface area (Å²) >= 11 is 0. The summed E-state index contributed by atoms with van der Waals surface area (Å²) in [6.07, 6.45) is 0.741. The molecule has 1 aliphatic rings. The zero-order chi connectivity index (χ0) is 9.52. The summed E-state index contributed by atoms with van der Waals surface area (Å²) in [4.78, 5) is 0. The largest absolute Gasteiger partial charge is 0.389 e. The number of likely N-dealkylation sites (N-methyl/N-ethyl adjacent to an activating group) is 1. The fraction of sp³-hybridized carbons (Fsp3) is 1.00. The molecule has 0 amide bonds. The van der Waals surface area contributed by atoms with E-state index in [9.17, 15) is 5.11 Å². The van der Waals surface area contributed by atoms with Crippen LogP contribution in [0.4, 0.5) is 0 Å². The molecule has 0 saturated carbocycles. The van der Waals surface area contributed by atoms with E-state index in [1.807, 2.05) is 6.92 Å². The lowest BCUT2D eigenvalue weighted by molar-refractivity contribution is -0.0114. The second kappa shape index (κ2) is 6.32. The van der Waals surface area contributed by atoms with E-state index in [0.717, 1.165) is 19.6 Å². The van der Waals surface area contributed by atoms with Crippen LogP contribution in [0.5, 0.6) is 0 Å². The first-order chi connectivity index (χ1) is 6.33. The molecule has 1 fully saturated rings. The van der Waals surface area contributed by atoms with E-state index in [-0.39, 0.29) is 6.10 Å². The highest BCUT2D eigenvalue weighted by atomic mass is 16.5. The van der Waals surface area contributed by atoms with Crippen LogP contribution in [0.25, 0.3) is 0 Å². The van der Waals surface area contributed by atoms with Gasteiger partial charge in [-0.25, -0.2) is 0 Å². The molecule has 0 aromatic heterocycles. The van der Waals surface area contributed by atoms with Crippen molar-refractivity contribution in [3.05, 3.63) is 0 Å².